The summed E-state index contributed by atoms with van der Waals surface area (Å²) >= 11 is 1.50. The number of nitrogens with two attached hydrogens (primary N) is 2. The van der Waals surface area contributed by atoms with Crippen LogP contribution in [0.2, 0.25) is 0 Å². The molecule has 0 saturated heterocycles. The lowest BCUT2D eigenvalue weighted by Gasteiger charge is -2.12. The smallest absolute Gasteiger partial charge is 0.395 e. The largest absolute Gasteiger partial charge is 0.430 e. The maximum atomic E-state index is 13.0. The quantitative estimate of drug-likeness (QED) is 0.0931. The minimum Gasteiger partial charge on any atom is -0.395 e. The molecular weight excluding hydrogens is 564 g/mol. The number of pyridine rings is 1. The maximum Gasteiger partial charge on any atom is 0.430 e. The third kappa shape index (κ3) is 10.6. The zero-order chi connectivity index (χ0) is 30.8. The predicted molar refractivity (Wildman–Crippen MR) is 154 cm³/mol. The van der Waals surface area contributed by atoms with Gasteiger partial charge in [0.1, 0.15) is 11.4 Å². The first-order chi connectivity index (χ1) is 19.2. The lowest BCUT2D eigenvalue weighted by atomic mass is 10.0. The second-order valence-corrected chi connectivity index (χ2v) is 11.0. The topological polar surface area (TPSA) is 113 Å². The van der Waals surface area contributed by atoms with Crippen molar-refractivity contribution in [2.45, 2.75) is 90.4 Å². The van der Waals surface area contributed by atoms with Gasteiger partial charge in [0.05, 0.1) is 22.8 Å². The Kier molecular flexibility index (Phi) is 12.6. The number of hydrogen-bond acceptors (Lipinski definition) is 6. The van der Waals surface area contributed by atoms with Gasteiger partial charge in [0.25, 0.3) is 0 Å². The first-order valence-electron chi connectivity index (χ1n) is 13.6. The number of rotatable bonds is 15. The van der Waals surface area contributed by atoms with Crippen molar-refractivity contribution in [2.24, 2.45) is 11.5 Å². The van der Waals surface area contributed by atoms with E-state index in [1.807, 2.05) is 0 Å². The average Bonchev–Trinajstić information content (AvgIpc) is 3.30. The normalized spacial score (nSPS) is 13.1. The number of allylic oxidation sites excluding steroid dienone is 4. The van der Waals surface area contributed by atoms with E-state index in [-0.39, 0.29) is 11.4 Å². The van der Waals surface area contributed by atoms with Gasteiger partial charge in [-0.3, -0.25) is 10.8 Å². The number of unbranched alkanes of at least 4 members (excludes halogenated alkanes) is 6. The molecule has 0 aliphatic carbocycles. The number of hydrogen-bond donors (Lipinski definition) is 4. The lowest BCUT2D eigenvalue weighted by molar-refractivity contribution is -0.0933. The highest BCUT2D eigenvalue weighted by Gasteiger charge is 2.33. The van der Waals surface area contributed by atoms with Crippen molar-refractivity contribution in [1.29, 1.82) is 10.8 Å². The molecule has 0 saturated carbocycles. The Bertz CT molecular complexity index is 1200. The second kappa shape index (κ2) is 15.2. The summed E-state index contributed by atoms with van der Waals surface area (Å²) in [4.78, 5) is 5.95. The molecule has 0 aliphatic rings. The van der Waals surface area contributed by atoms with Crippen molar-refractivity contribution in [3.8, 4) is 10.4 Å². The molecule has 6 N–H and O–H groups in total. The third-order valence-corrected chi connectivity index (χ3v) is 7.62. The minimum absolute atomic E-state index is 0.261. The van der Waals surface area contributed by atoms with Gasteiger partial charge in [0.2, 0.25) is 0 Å². The van der Waals surface area contributed by atoms with Crippen LogP contribution in [-0.4, -0.2) is 28.8 Å². The molecule has 0 aromatic carbocycles. The van der Waals surface area contributed by atoms with E-state index >= 15 is 0 Å². The number of halogens is 6. The highest BCUT2D eigenvalue weighted by atomic mass is 32.1. The molecule has 0 spiro atoms. The summed E-state index contributed by atoms with van der Waals surface area (Å²) in [7, 11) is 0. The van der Waals surface area contributed by atoms with E-state index in [1.165, 1.54) is 23.5 Å². The summed E-state index contributed by atoms with van der Waals surface area (Å²) in [5.74, 6) is 0. The zero-order valence-electron chi connectivity index (χ0n) is 23.2. The molecule has 0 bridgehead atoms. The van der Waals surface area contributed by atoms with Crippen LogP contribution in [0.3, 0.4) is 0 Å². The molecule has 226 valence electrons. The molecule has 0 amide bonds. The van der Waals surface area contributed by atoms with Crippen molar-refractivity contribution in [3.63, 3.8) is 0 Å². The average molecular weight is 602 g/mol. The van der Waals surface area contributed by atoms with E-state index < -0.39 is 35.2 Å². The molecule has 0 atom stereocenters. The maximum absolute atomic E-state index is 13.0. The highest BCUT2D eigenvalue weighted by molar-refractivity contribution is 7.15. The van der Waals surface area contributed by atoms with Gasteiger partial charge in [-0.25, -0.2) is 4.98 Å². The SMILES string of the molecule is CCCCCCc1cc(CCCCCC)c(-c2cc(C(=N)/C=C(\N)C(F)(F)F)nc(C(=N)/C=C(\N)C(F)(F)F)c2)s1. The van der Waals surface area contributed by atoms with Crippen LogP contribution in [0.1, 0.15) is 87.0 Å². The molecule has 2 aromatic heterocycles. The van der Waals surface area contributed by atoms with Gasteiger partial charge in [-0.2, -0.15) is 26.3 Å². The standard InChI is InChI=1S/C29H37F6N5S/c1-3-5-7-9-11-18-13-20(12-10-8-6-4-2)41-27(18)19-14-23(21(36)16-25(38)28(30,31)32)40-24(15-19)22(37)17-26(39)29(33,34)35/h13-17,36-37H,3-12,38-39H2,1-2H3/b25-16-,26-17-,36-21?,37-22?. The van der Waals surface area contributed by atoms with Crippen molar-refractivity contribution in [2.75, 3.05) is 0 Å². The Labute approximate surface area is 240 Å². The van der Waals surface area contributed by atoms with Crippen LogP contribution in [0, 0.1) is 10.8 Å². The number of aromatic nitrogens is 1. The van der Waals surface area contributed by atoms with E-state index in [0.717, 1.165) is 79.5 Å². The molecule has 0 fully saturated rings. The fraction of sp³-hybridized carbons (Fsp3) is 0.483. The highest BCUT2D eigenvalue weighted by Crippen LogP contribution is 2.36. The van der Waals surface area contributed by atoms with E-state index in [0.29, 0.717) is 17.7 Å². The minimum atomic E-state index is -4.88. The molecular formula is C29H37F6N5S. The summed E-state index contributed by atoms with van der Waals surface area (Å²) in [6, 6.07) is 4.94. The Morgan fingerprint density at radius 3 is 1.66 bits per heavy atom. The van der Waals surface area contributed by atoms with E-state index in [4.69, 9.17) is 22.3 Å². The molecule has 0 radical (unpaired) electrons. The molecule has 2 heterocycles. The van der Waals surface area contributed by atoms with Crippen molar-refractivity contribution < 1.29 is 26.3 Å². The number of aryl methyl sites for hydroxylation is 2. The van der Waals surface area contributed by atoms with Gasteiger partial charge in [0.15, 0.2) is 0 Å². The molecule has 0 unspecified atom stereocenters. The van der Waals surface area contributed by atoms with E-state index in [2.05, 4.69) is 24.9 Å². The summed E-state index contributed by atoms with van der Waals surface area (Å²) in [6.07, 6.45) is 0.978. The summed E-state index contributed by atoms with van der Waals surface area (Å²) in [5, 5.41) is 16.4. The first kappa shape index (κ1) is 34.1. The molecule has 2 rings (SSSR count). The lowest BCUT2D eigenvalue weighted by Crippen LogP contribution is -2.21. The van der Waals surface area contributed by atoms with Crippen LogP contribution in [0.5, 0.6) is 0 Å². The first-order valence-corrected chi connectivity index (χ1v) is 14.4. The van der Waals surface area contributed by atoms with Crippen molar-refractivity contribution in [3.05, 3.63) is 63.6 Å². The van der Waals surface area contributed by atoms with Crippen LogP contribution in [0.25, 0.3) is 10.4 Å². The Morgan fingerprint density at radius 1 is 0.756 bits per heavy atom. The van der Waals surface area contributed by atoms with Crippen LogP contribution >= 0.6 is 11.3 Å². The fourth-order valence-electron chi connectivity index (χ4n) is 4.07. The molecule has 5 nitrogen and oxygen atoms in total. The van der Waals surface area contributed by atoms with Crippen molar-refractivity contribution in [1.82, 2.24) is 4.98 Å². The van der Waals surface area contributed by atoms with Gasteiger partial charge < -0.3 is 11.5 Å². The van der Waals surface area contributed by atoms with Crippen LogP contribution < -0.4 is 11.5 Å². The van der Waals surface area contributed by atoms with Gasteiger partial charge in [-0.15, -0.1) is 11.3 Å². The third-order valence-electron chi connectivity index (χ3n) is 6.33. The van der Waals surface area contributed by atoms with Crippen LogP contribution in [0.15, 0.2) is 41.7 Å². The summed E-state index contributed by atoms with van der Waals surface area (Å²) in [6.45, 7) is 4.23. The molecule has 0 aliphatic heterocycles. The molecule has 2 aromatic rings. The van der Waals surface area contributed by atoms with Crippen LogP contribution in [-0.2, 0) is 12.8 Å². The molecule has 12 heteroatoms. The van der Waals surface area contributed by atoms with Gasteiger partial charge in [-0.05, 0) is 67.2 Å². The fourth-order valence-corrected chi connectivity index (χ4v) is 5.31. The Morgan fingerprint density at radius 2 is 1.22 bits per heavy atom. The Balaban J connectivity index is 2.65. The van der Waals surface area contributed by atoms with Gasteiger partial charge in [0, 0.05) is 9.75 Å². The van der Waals surface area contributed by atoms with Crippen molar-refractivity contribution >= 4 is 22.8 Å². The monoisotopic (exact) mass is 601 g/mol. The number of alkyl halides is 6. The molecule has 41 heavy (non-hydrogen) atoms. The Hall–Kier alpha value is -3.15. The number of thiophene rings is 1. The zero-order valence-corrected chi connectivity index (χ0v) is 24.1. The number of nitrogens with zero attached hydrogens (tertiary/aromatic N) is 1. The van der Waals surface area contributed by atoms with Gasteiger partial charge in [-0.1, -0.05) is 52.4 Å². The van der Waals surface area contributed by atoms with Gasteiger partial charge >= 0.3 is 12.4 Å². The predicted octanol–water partition coefficient (Wildman–Crippen LogP) is 8.60. The van der Waals surface area contributed by atoms with E-state index in [9.17, 15) is 26.3 Å². The summed E-state index contributed by atoms with van der Waals surface area (Å²) in [5.41, 5.74) is 6.72. The van der Waals surface area contributed by atoms with Crippen LogP contribution in [0.4, 0.5) is 26.3 Å². The summed E-state index contributed by atoms with van der Waals surface area (Å²) < 4.78 is 78.2. The second-order valence-electron chi connectivity index (χ2n) is 9.84. The van der Waals surface area contributed by atoms with E-state index in [1.54, 1.807) is 0 Å². The number of nitrogens with one attached hydrogen (secondary N) is 2.